The van der Waals surface area contributed by atoms with Gasteiger partial charge >= 0.3 is 0 Å². The van der Waals surface area contributed by atoms with Crippen LogP contribution in [0.25, 0.3) is 6.08 Å². The molecule has 0 bridgehead atoms. The molecule has 4 heteroatoms. The van der Waals surface area contributed by atoms with E-state index in [2.05, 4.69) is 0 Å². The van der Waals surface area contributed by atoms with Gasteiger partial charge in [-0.25, -0.2) is 4.39 Å². The molecule has 0 N–H and O–H groups in total. The Labute approximate surface area is 129 Å². The van der Waals surface area contributed by atoms with E-state index in [0.717, 1.165) is 11.3 Å². The molecule has 0 aliphatic heterocycles. The first-order valence-electron chi connectivity index (χ1n) is 6.93. The van der Waals surface area contributed by atoms with Crippen LogP contribution in [0.2, 0.25) is 0 Å². The number of benzene rings is 2. The van der Waals surface area contributed by atoms with Gasteiger partial charge in [0.25, 0.3) is 0 Å². The zero-order valence-corrected chi connectivity index (χ0v) is 12.5. The van der Waals surface area contributed by atoms with Crippen LogP contribution in [0.3, 0.4) is 0 Å². The molecule has 0 radical (unpaired) electrons. The highest BCUT2D eigenvalue weighted by molar-refractivity contribution is 6.06. The van der Waals surface area contributed by atoms with Crippen LogP contribution < -0.4 is 9.47 Å². The Morgan fingerprint density at radius 1 is 1.23 bits per heavy atom. The Kier molecular flexibility index (Phi) is 5.31. The molecule has 22 heavy (non-hydrogen) atoms. The fraction of sp³-hybridized carbons (Fsp3) is 0.167. The minimum absolute atomic E-state index is 0.116. The lowest BCUT2D eigenvalue weighted by Gasteiger charge is -2.04. The zero-order chi connectivity index (χ0) is 15.9. The molecule has 0 heterocycles. The predicted octanol–water partition coefficient (Wildman–Crippen LogP) is 4.13. The molecular weight excluding hydrogens is 283 g/mol. The summed E-state index contributed by atoms with van der Waals surface area (Å²) < 4.78 is 23.8. The van der Waals surface area contributed by atoms with Crippen LogP contribution in [-0.2, 0) is 0 Å². The van der Waals surface area contributed by atoms with Crippen LogP contribution in [0.15, 0.2) is 48.5 Å². The van der Waals surface area contributed by atoms with Crippen molar-refractivity contribution in [2.24, 2.45) is 0 Å². The largest absolute Gasteiger partial charge is 0.494 e. The van der Waals surface area contributed by atoms with Crippen LogP contribution in [0.5, 0.6) is 11.5 Å². The summed E-state index contributed by atoms with van der Waals surface area (Å²) in [4.78, 5) is 12.1. The summed E-state index contributed by atoms with van der Waals surface area (Å²) in [6.07, 6.45) is 3.08. The van der Waals surface area contributed by atoms with Crippen molar-refractivity contribution in [3.05, 3.63) is 65.5 Å². The highest BCUT2D eigenvalue weighted by Gasteiger charge is 2.07. The Balaban J connectivity index is 2.14. The molecule has 114 valence electrons. The Morgan fingerprint density at radius 3 is 2.73 bits per heavy atom. The first-order chi connectivity index (χ1) is 10.6. The fourth-order valence-electron chi connectivity index (χ4n) is 1.96. The van der Waals surface area contributed by atoms with Crippen molar-refractivity contribution >= 4 is 11.9 Å². The minimum atomic E-state index is -0.555. The van der Waals surface area contributed by atoms with Crippen LogP contribution in [0.4, 0.5) is 4.39 Å². The van der Waals surface area contributed by atoms with E-state index in [1.54, 1.807) is 6.08 Å². The predicted molar refractivity (Wildman–Crippen MR) is 83.9 cm³/mol. The molecule has 0 aromatic heterocycles. The molecule has 0 saturated heterocycles. The highest BCUT2D eigenvalue weighted by atomic mass is 19.1. The van der Waals surface area contributed by atoms with E-state index in [4.69, 9.17) is 9.47 Å². The number of carbonyl (C=O) groups is 1. The van der Waals surface area contributed by atoms with Gasteiger partial charge in [-0.3, -0.25) is 4.79 Å². The average molecular weight is 300 g/mol. The van der Waals surface area contributed by atoms with Gasteiger partial charge in [-0.2, -0.15) is 0 Å². The maximum Gasteiger partial charge on any atom is 0.185 e. The van der Waals surface area contributed by atoms with Gasteiger partial charge in [-0.15, -0.1) is 0 Å². The van der Waals surface area contributed by atoms with Crippen molar-refractivity contribution in [3.8, 4) is 11.5 Å². The van der Waals surface area contributed by atoms with E-state index in [9.17, 15) is 9.18 Å². The number of hydrogen-bond donors (Lipinski definition) is 0. The summed E-state index contributed by atoms with van der Waals surface area (Å²) in [5, 5.41) is 0. The number of ketones is 1. The summed E-state index contributed by atoms with van der Waals surface area (Å²) in [5.41, 5.74) is 1.11. The molecule has 0 saturated carbocycles. The monoisotopic (exact) mass is 300 g/mol. The smallest absolute Gasteiger partial charge is 0.185 e. The molecule has 3 nitrogen and oxygen atoms in total. The fourth-order valence-corrected chi connectivity index (χ4v) is 1.96. The quantitative estimate of drug-likeness (QED) is 0.594. The molecule has 2 aromatic rings. The third kappa shape index (κ3) is 3.95. The number of carbonyl (C=O) groups excluding carboxylic acids is 1. The van der Waals surface area contributed by atoms with Gasteiger partial charge in [0, 0.05) is 5.56 Å². The standard InChI is InChI=1S/C18H17FO3/c1-3-22-15-6-4-5-13(11-15)7-9-17(20)14-8-10-18(21-2)16(19)12-14/h4-12H,3H2,1-2H3. The number of halogens is 1. The lowest BCUT2D eigenvalue weighted by molar-refractivity contribution is 0.104. The van der Waals surface area contributed by atoms with Crippen LogP contribution >= 0.6 is 0 Å². The van der Waals surface area contributed by atoms with E-state index in [1.807, 2.05) is 31.2 Å². The van der Waals surface area contributed by atoms with Crippen LogP contribution in [0, 0.1) is 5.82 Å². The topological polar surface area (TPSA) is 35.5 Å². The van der Waals surface area contributed by atoms with Gasteiger partial charge in [0.2, 0.25) is 0 Å². The number of ether oxygens (including phenoxy) is 2. The second-order valence-electron chi connectivity index (χ2n) is 4.55. The maximum absolute atomic E-state index is 13.6. The molecular formula is C18H17FO3. The molecule has 0 amide bonds. The molecule has 2 rings (SSSR count). The summed E-state index contributed by atoms with van der Waals surface area (Å²) in [6, 6.07) is 11.5. The molecule has 0 spiro atoms. The second kappa shape index (κ2) is 7.41. The van der Waals surface area contributed by atoms with E-state index in [0.29, 0.717) is 6.61 Å². The van der Waals surface area contributed by atoms with Crippen molar-refractivity contribution in [1.29, 1.82) is 0 Å². The van der Waals surface area contributed by atoms with E-state index in [-0.39, 0.29) is 17.1 Å². The normalized spacial score (nSPS) is 10.7. The van der Waals surface area contributed by atoms with E-state index < -0.39 is 5.82 Å². The molecule has 0 fully saturated rings. The summed E-state index contributed by atoms with van der Waals surface area (Å²) in [7, 11) is 1.38. The average Bonchev–Trinajstić information content (AvgIpc) is 2.53. The minimum Gasteiger partial charge on any atom is -0.494 e. The van der Waals surface area contributed by atoms with Crippen molar-refractivity contribution in [2.45, 2.75) is 6.92 Å². The van der Waals surface area contributed by atoms with E-state index >= 15 is 0 Å². The Bertz CT molecular complexity index is 692. The summed E-state index contributed by atoms with van der Waals surface area (Å²) in [6.45, 7) is 2.49. The number of allylic oxidation sites excluding steroid dienone is 1. The molecule has 0 atom stereocenters. The molecule has 0 aliphatic rings. The van der Waals surface area contributed by atoms with Gasteiger partial charge < -0.3 is 9.47 Å². The Hall–Kier alpha value is -2.62. The molecule has 2 aromatic carbocycles. The van der Waals surface area contributed by atoms with Crippen molar-refractivity contribution in [2.75, 3.05) is 13.7 Å². The summed E-state index contributed by atoms with van der Waals surface area (Å²) in [5.74, 6) is 0.0287. The zero-order valence-electron chi connectivity index (χ0n) is 12.5. The lowest BCUT2D eigenvalue weighted by atomic mass is 10.1. The first kappa shape index (κ1) is 15.8. The Morgan fingerprint density at radius 2 is 2.05 bits per heavy atom. The maximum atomic E-state index is 13.6. The van der Waals surface area contributed by atoms with Crippen molar-refractivity contribution in [3.63, 3.8) is 0 Å². The van der Waals surface area contributed by atoms with Crippen LogP contribution in [-0.4, -0.2) is 19.5 Å². The van der Waals surface area contributed by atoms with Gasteiger partial charge in [0.05, 0.1) is 13.7 Å². The number of rotatable bonds is 6. The van der Waals surface area contributed by atoms with Gasteiger partial charge in [-0.05, 0) is 48.9 Å². The number of methoxy groups -OCH3 is 1. The van der Waals surface area contributed by atoms with Gasteiger partial charge in [0.15, 0.2) is 17.3 Å². The highest BCUT2D eigenvalue weighted by Crippen LogP contribution is 2.19. The second-order valence-corrected chi connectivity index (χ2v) is 4.55. The third-order valence-corrected chi connectivity index (χ3v) is 3.03. The third-order valence-electron chi connectivity index (χ3n) is 3.03. The summed E-state index contributed by atoms with van der Waals surface area (Å²) >= 11 is 0. The van der Waals surface area contributed by atoms with Crippen molar-refractivity contribution < 1.29 is 18.7 Å². The van der Waals surface area contributed by atoms with Crippen molar-refractivity contribution in [1.82, 2.24) is 0 Å². The van der Waals surface area contributed by atoms with Crippen LogP contribution in [0.1, 0.15) is 22.8 Å². The lowest BCUT2D eigenvalue weighted by Crippen LogP contribution is -1.97. The van der Waals surface area contributed by atoms with Gasteiger partial charge in [-0.1, -0.05) is 18.2 Å². The molecule has 0 unspecified atom stereocenters. The first-order valence-corrected chi connectivity index (χ1v) is 6.93. The molecule has 0 aliphatic carbocycles. The van der Waals surface area contributed by atoms with Gasteiger partial charge in [0.1, 0.15) is 5.75 Å². The van der Waals surface area contributed by atoms with E-state index in [1.165, 1.54) is 31.4 Å². The number of hydrogen-bond acceptors (Lipinski definition) is 3. The SMILES string of the molecule is CCOc1cccc(C=CC(=O)c2ccc(OC)c(F)c2)c1.